The Labute approximate surface area is 145 Å². The quantitative estimate of drug-likeness (QED) is 0.773. The number of nitrogens with one attached hydrogen (secondary N) is 1. The smallest absolute Gasteiger partial charge is 0.244 e. The number of hydrogen-bond donors (Lipinski definition) is 1. The normalized spacial score (nSPS) is 14.1. The number of amides is 1. The number of anilines is 1. The van der Waals surface area contributed by atoms with Crippen molar-refractivity contribution in [3.05, 3.63) is 29.3 Å². The predicted octanol–water partition coefficient (Wildman–Crippen LogP) is 2.00. The van der Waals surface area contributed by atoms with Crippen LogP contribution in [-0.2, 0) is 19.6 Å². The highest BCUT2D eigenvalue weighted by molar-refractivity contribution is 7.92. The number of hydrogen-bond acceptors (Lipinski definition) is 4. The Morgan fingerprint density at radius 3 is 2.38 bits per heavy atom. The number of sulfonamides is 1. The molecular weight excluding hydrogens is 328 g/mol. The summed E-state index contributed by atoms with van der Waals surface area (Å²) in [5.41, 5.74) is 2.55. The van der Waals surface area contributed by atoms with Crippen LogP contribution in [0.5, 0.6) is 0 Å². The van der Waals surface area contributed by atoms with E-state index in [-0.39, 0.29) is 11.9 Å². The Hall–Kier alpha value is -1.60. The number of carbonyl (C=O) groups is 1. The zero-order chi connectivity index (χ0) is 18.5. The van der Waals surface area contributed by atoms with Crippen molar-refractivity contribution in [1.29, 1.82) is 0 Å². The molecule has 0 aliphatic heterocycles. The van der Waals surface area contributed by atoms with Crippen LogP contribution < -0.4 is 9.62 Å². The molecule has 1 amide bonds. The van der Waals surface area contributed by atoms with E-state index in [1.165, 1.54) is 4.31 Å². The van der Waals surface area contributed by atoms with Crippen LogP contribution >= 0.6 is 0 Å². The van der Waals surface area contributed by atoms with E-state index in [1.807, 2.05) is 26.8 Å². The molecule has 1 N–H and O–H groups in total. The van der Waals surface area contributed by atoms with Crippen molar-refractivity contribution in [1.82, 2.24) is 5.32 Å². The lowest BCUT2D eigenvalue weighted by Gasteiger charge is -2.31. The molecule has 0 fully saturated rings. The van der Waals surface area contributed by atoms with Crippen LogP contribution in [0.1, 0.15) is 31.4 Å². The number of ether oxygens (including phenoxy) is 1. The van der Waals surface area contributed by atoms with Crippen molar-refractivity contribution in [2.24, 2.45) is 0 Å². The first kappa shape index (κ1) is 20.4. The second-order valence-corrected chi connectivity index (χ2v) is 7.98. The van der Waals surface area contributed by atoms with Crippen LogP contribution in [0.2, 0.25) is 0 Å². The number of rotatable bonds is 8. The molecule has 0 saturated heterocycles. The molecule has 0 unspecified atom stereocenters. The van der Waals surface area contributed by atoms with E-state index < -0.39 is 16.1 Å². The van der Waals surface area contributed by atoms with Crippen molar-refractivity contribution in [2.75, 3.05) is 24.3 Å². The zero-order valence-corrected chi connectivity index (χ0v) is 16.1. The molecule has 1 rings (SSSR count). The standard InChI is InChI=1S/C17H28N2O4S/c1-7-16(17(20)18-14(4)11-23-5)19(24(6,21)22)15-9-8-12(2)13(3)10-15/h8-10,14,16H,7,11H2,1-6H3,(H,18,20)/t14-,16-/m0/s1. The molecule has 0 aliphatic rings. The highest BCUT2D eigenvalue weighted by Gasteiger charge is 2.32. The molecule has 0 bridgehead atoms. The summed E-state index contributed by atoms with van der Waals surface area (Å²) in [7, 11) is -2.06. The van der Waals surface area contributed by atoms with E-state index in [1.54, 1.807) is 26.2 Å². The van der Waals surface area contributed by atoms with Crippen LogP contribution in [0.25, 0.3) is 0 Å². The molecule has 1 aromatic carbocycles. The SMILES string of the molecule is CC[C@@H](C(=O)N[C@@H](C)COC)N(c1ccc(C)c(C)c1)S(C)(=O)=O. The summed E-state index contributed by atoms with van der Waals surface area (Å²) in [5, 5.41) is 2.81. The topological polar surface area (TPSA) is 75.7 Å². The van der Waals surface area contributed by atoms with Crippen LogP contribution in [0, 0.1) is 13.8 Å². The average molecular weight is 356 g/mol. The third-order valence-corrected chi connectivity index (χ3v) is 5.06. The number of aryl methyl sites for hydroxylation is 2. The molecule has 24 heavy (non-hydrogen) atoms. The first-order chi connectivity index (χ1) is 11.1. The number of carbonyl (C=O) groups excluding carboxylic acids is 1. The van der Waals surface area contributed by atoms with Crippen LogP contribution in [0.4, 0.5) is 5.69 Å². The molecular formula is C17H28N2O4S. The lowest BCUT2D eigenvalue weighted by molar-refractivity contribution is -0.123. The minimum absolute atomic E-state index is 0.197. The maximum atomic E-state index is 12.6. The van der Waals surface area contributed by atoms with Gasteiger partial charge in [-0.1, -0.05) is 13.0 Å². The predicted molar refractivity (Wildman–Crippen MR) is 96.8 cm³/mol. The molecule has 0 radical (unpaired) electrons. The zero-order valence-electron chi connectivity index (χ0n) is 15.3. The van der Waals surface area contributed by atoms with Gasteiger partial charge in [0.1, 0.15) is 6.04 Å². The lowest BCUT2D eigenvalue weighted by Crippen LogP contribution is -2.51. The van der Waals surface area contributed by atoms with Gasteiger partial charge >= 0.3 is 0 Å². The molecule has 1 aromatic rings. The van der Waals surface area contributed by atoms with Crippen molar-refractivity contribution in [2.45, 2.75) is 46.2 Å². The van der Waals surface area contributed by atoms with Gasteiger partial charge in [0.25, 0.3) is 0 Å². The highest BCUT2D eigenvalue weighted by Crippen LogP contribution is 2.25. The molecule has 0 heterocycles. The van der Waals surface area contributed by atoms with Crippen LogP contribution in [0.3, 0.4) is 0 Å². The number of benzene rings is 1. The molecule has 2 atom stereocenters. The van der Waals surface area contributed by atoms with Crippen molar-refractivity contribution in [3.63, 3.8) is 0 Å². The minimum Gasteiger partial charge on any atom is -0.383 e. The van der Waals surface area contributed by atoms with Gasteiger partial charge in [-0.2, -0.15) is 0 Å². The van der Waals surface area contributed by atoms with Gasteiger partial charge in [0.2, 0.25) is 15.9 Å². The monoisotopic (exact) mass is 356 g/mol. The first-order valence-electron chi connectivity index (χ1n) is 7.97. The first-order valence-corrected chi connectivity index (χ1v) is 9.82. The van der Waals surface area contributed by atoms with Crippen LogP contribution in [-0.4, -0.2) is 46.4 Å². The fourth-order valence-electron chi connectivity index (χ4n) is 2.55. The number of nitrogens with zero attached hydrogens (tertiary/aromatic N) is 1. The Kier molecular flexibility index (Phi) is 7.23. The van der Waals surface area contributed by atoms with E-state index in [2.05, 4.69) is 5.32 Å². The molecule has 136 valence electrons. The third kappa shape index (κ3) is 5.21. The second-order valence-electron chi connectivity index (χ2n) is 6.12. The van der Waals surface area contributed by atoms with E-state index in [9.17, 15) is 13.2 Å². The molecule has 0 aromatic heterocycles. The van der Waals surface area contributed by atoms with Crippen molar-refractivity contribution < 1.29 is 17.9 Å². The molecule has 0 aliphatic carbocycles. The van der Waals surface area contributed by atoms with Gasteiger partial charge in [0.15, 0.2) is 0 Å². The Morgan fingerprint density at radius 1 is 1.29 bits per heavy atom. The Balaban J connectivity index is 3.22. The van der Waals surface area contributed by atoms with Gasteiger partial charge < -0.3 is 10.1 Å². The Bertz CT molecular complexity index is 673. The fourth-order valence-corrected chi connectivity index (χ4v) is 3.76. The third-order valence-electron chi connectivity index (χ3n) is 3.88. The summed E-state index contributed by atoms with van der Waals surface area (Å²) in [5.74, 6) is -0.328. The van der Waals surface area contributed by atoms with Gasteiger partial charge in [-0.05, 0) is 50.5 Å². The van der Waals surface area contributed by atoms with Crippen molar-refractivity contribution in [3.8, 4) is 0 Å². The van der Waals surface area contributed by atoms with Crippen LogP contribution in [0.15, 0.2) is 18.2 Å². The molecule has 7 heteroatoms. The lowest BCUT2D eigenvalue weighted by atomic mass is 10.1. The fraction of sp³-hybridized carbons (Fsp3) is 0.588. The van der Waals surface area contributed by atoms with Gasteiger partial charge in [-0.3, -0.25) is 9.10 Å². The van der Waals surface area contributed by atoms with Gasteiger partial charge in [0, 0.05) is 13.2 Å². The van der Waals surface area contributed by atoms with Gasteiger partial charge in [0.05, 0.1) is 18.6 Å². The highest BCUT2D eigenvalue weighted by atomic mass is 32.2. The van der Waals surface area contributed by atoms with Gasteiger partial charge in [-0.15, -0.1) is 0 Å². The van der Waals surface area contributed by atoms with Gasteiger partial charge in [-0.25, -0.2) is 8.42 Å². The minimum atomic E-state index is -3.61. The average Bonchev–Trinajstić information content (AvgIpc) is 2.46. The Morgan fingerprint density at radius 2 is 1.92 bits per heavy atom. The molecule has 6 nitrogen and oxygen atoms in total. The van der Waals surface area contributed by atoms with E-state index >= 15 is 0 Å². The maximum Gasteiger partial charge on any atom is 0.244 e. The van der Waals surface area contributed by atoms with E-state index in [0.717, 1.165) is 17.4 Å². The summed E-state index contributed by atoms with van der Waals surface area (Å²) in [6.45, 7) is 7.85. The summed E-state index contributed by atoms with van der Waals surface area (Å²) in [6.07, 6.45) is 1.49. The summed E-state index contributed by atoms with van der Waals surface area (Å²) in [6, 6.07) is 4.39. The van der Waals surface area contributed by atoms with E-state index in [0.29, 0.717) is 18.7 Å². The molecule has 0 saturated carbocycles. The second kappa shape index (κ2) is 8.48. The largest absolute Gasteiger partial charge is 0.383 e. The summed E-state index contributed by atoms with van der Waals surface area (Å²) in [4.78, 5) is 12.6. The maximum absolute atomic E-state index is 12.6. The summed E-state index contributed by atoms with van der Waals surface area (Å²) >= 11 is 0. The number of methoxy groups -OCH3 is 1. The summed E-state index contributed by atoms with van der Waals surface area (Å²) < 4.78 is 30.9. The van der Waals surface area contributed by atoms with E-state index in [4.69, 9.17) is 4.74 Å². The van der Waals surface area contributed by atoms with Crippen molar-refractivity contribution >= 4 is 21.6 Å². The molecule has 0 spiro atoms.